The number of anilines is 1. The highest BCUT2D eigenvalue weighted by molar-refractivity contribution is 7.91. The van der Waals surface area contributed by atoms with Crippen LogP contribution in [-0.4, -0.2) is 48.3 Å². The van der Waals surface area contributed by atoms with Gasteiger partial charge in [0.25, 0.3) is 5.91 Å². The maximum Gasteiger partial charge on any atom is 0.256 e. The van der Waals surface area contributed by atoms with Gasteiger partial charge < -0.3 is 10.6 Å². The van der Waals surface area contributed by atoms with Crippen molar-refractivity contribution in [1.82, 2.24) is 9.88 Å². The van der Waals surface area contributed by atoms with E-state index in [4.69, 9.17) is 5.73 Å². The second-order valence-electron chi connectivity index (χ2n) is 4.42. The summed E-state index contributed by atoms with van der Waals surface area (Å²) in [5.74, 6) is -0.227. The second kappa shape index (κ2) is 4.56. The molecule has 1 saturated heterocycles. The van der Waals surface area contributed by atoms with Gasteiger partial charge in [-0.3, -0.25) is 9.78 Å². The second-order valence-corrected chi connectivity index (χ2v) is 6.65. The van der Waals surface area contributed by atoms with Gasteiger partial charge in [-0.15, -0.1) is 0 Å². The molecule has 1 aliphatic rings. The van der Waals surface area contributed by atoms with Crippen molar-refractivity contribution in [3.05, 3.63) is 24.0 Å². The SMILES string of the molecule is CC1CS(=O)(=O)CCN1C(=O)c1ccncc1N. The zero-order valence-electron chi connectivity index (χ0n) is 10.0. The molecule has 1 unspecified atom stereocenters. The van der Waals surface area contributed by atoms with E-state index < -0.39 is 9.84 Å². The molecular weight excluding hydrogens is 254 g/mol. The Kier molecular flexibility index (Phi) is 3.25. The molecule has 2 N–H and O–H groups in total. The summed E-state index contributed by atoms with van der Waals surface area (Å²) in [6.45, 7) is 1.94. The Balaban J connectivity index is 2.23. The number of rotatable bonds is 1. The Hall–Kier alpha value is -1.63. The average molecular weight is 269 g/mol. The lowest BCUT2D eigenvalue weighted by Crippen LogP contribution is -2.49. The van der Waals surface area contributed by atoms with Crippen LogP contribution < -0.4 is 5.73 Å². The fraction of sp³-hybridized carbons (Fsp3) is 0.455. The lowest BCUT2D eigenvalue weighted by Gasteiger charge is -2.33. The van der Waals surface area contributed by atoms with Crippen LogP contribution in [-0.2, 0) is 9.84 Å². The summed E-state index contributed by atoms with van der Waals surface area (Å²) in [6.07, 6.45) is 2.91. The van der Waals surface area contributed by atoms with Crippen LogP contribution in [0.5, 0.6) is 0 Å². The van der Waals surface area contributed by atoms with Crippen molar-refractivity contribution in [3.63, 3.8) is 0 Å². The monoisotopic (exact) mass is 269 g/mol. The van der Waals surface area contributed by atoms with Gasteiger partial charge >= 0.3 is 0 Å². The van der Waals surface area contributed by atoms with Gasteiger partial charge in [0, 0.05) is 18.8 Å². The highest BCUT2D eigenvalue weighted by atomic mass is 32.2. The third-order valence-corrected chi connectivity index (χ3v) is 4.81. The molecule has 7 heteroatoms. The fourth-order valence-electron chi connectivity index (χ4n) is 2.06. The number of sulfone groups is 1. The van der Waals surface area contributed by atoms with Crippen molar-refractivity contribution in [2.75, 3.05) is 23.8 Å². The summed E-state index contributed by atoms with van der Waals surface area (Å²) in [6, 6.07) is 1.22. The average Bonchev–Trinajstić information content (AvgIpc) is 2.27. The molecule has 2 heterocycles. The maximum absolute atomic E-state index is 12.3. The van der Waals surface area contributed by atoms with E-state index in [0.717, 1.165) is 0 Å². The van der Waals surface area contributed by atoms with Crippen molar-refractivity contribution >= 4 is 21.4 Å². The lowest BCUT2D eigenvalue weighted by molar-refractivity contribution is 0.0713. The Labute approximate surface area is 106 Å². The molecule has 2 rings (SSSR count). The van der Waals surface area contributed by atoms with Crippen molar-refractivity contribution in [2.24, 2.45) is 0 Å². The van der Waals surface area contributed by atoms with E-state index in [1.54, 1.807) is 17.9 Å². The first kappa shape index (κ1) is 12.8. The number of hydrogen-bond donors (Lipinski definition) is 1. The topological polar surface area (TPSA) is 93.4 Å². The fourth-order valence-corrected chi connectivity index (χ4v) is 3.61. The van der Waals surface area contributed by atoms with E-state index in [-0.39, 0.29) is 30.0 Å². The number of carbonyl (C=O) groups excluding carboxylic acids is 1. The van der Waals surface area contributed by atoms with Crippen LogP contribution in [0.3, 0.4) is 0 Å². The van der Waals surface area contributed by atoms with Crippen LogP contribution >= 0.6 is 0 Å². The number of nitrogens with zero attached hydrogens (tertiary/aromatic N) is 2. The van der Waals surface area contributed by atoms with Gasteiger partial charge in [0.05, 0.1) is 29.0 Å². The molecular formula is C11H15N3O3S. The minimum Gasteiger partial charge on any atom is -0.397 e. The number of nitrogens with two attached hydrogens (primary N) is 1. The number of amides is 1. The summed E-state index contributed by atoms with van der Waals surface area (Å²) >= 11 is 0. The molecule has 0 saturated carbocycles. The first-order chi connectivity index (χ1) is 8.41. The Morgan fingerprint density at radius 1 is 1.56 bits per heavy atom. The molecule has 1 fully saturated rings. The first-order valence-electron chi connectivity index (χ1n) is 5.61. The smallest absolute Gasteiger partial charge is 0.256 e. The molecule has 18 heavy (non-hydrogen) atoms. The van der Waals surface area contributed by atoms with Gasteiger partial charge in [0.1, 0.15) is 0 Å². The molecule has 0 aliphatic carbocycles. The summed E-state index contributed by atoms with van der Waals surface area (Å²) in [7, 11) is -3.03. The van der Waals surface area contributed by atoms with Crippen molar-refractivity contribution < 1.29 is 13.2 Å². The molecule has 1 amide bonds. The lowest BCUT2D eigenvalue weighted by atomic mass is 10.1. The van der Waals surface area contributed by atoms with Crippen LogP contribution in [0, 0.1) is 0 Å². The Morgan fingerprint density at radius 3 is 2.89 bits per heavy atom. The predicted octanol–water partition coefficient (Wildman–Crippen LogP) is -0.0771. The van der Waals surface area contributed by atoms with Crippen molar-refractivity contribution in [2.45, 2.75) is 13.0 Å². The summed E-state index contributed by atoms with van der Waals surface area (Å²) in [5, 5.41) is 0. The number of aromatic nitrogens is 1. The Morgan fingerprint density at radius 2 is 2.28 bits per heavy atom. The van der Waals surface area contributed by atoms with Gasteiger partial charge in [-0.25, -0.2) is 8.42 Å². The summed E-state index contributed by atoms with van der Waals surface area (Å²) < 4.78 is 22.9. The van der Waals surface area contributed by atoms with Gasteiger partial charge in [-0.05, 0) is 13.0 Å². The van der Waals surface area contributed by atoms with Crippen LogP contribution in [0.4, 0.5) is 5.69 Å². The van der Waals surface area contributed by atoms with E-state index >= 15 is 0 Å². The molecule has 98 valence electrons. The number of pyridine rings is 1. The molecule has 1 aromatic rings. The predicted molar refractivity (Wildman–Crippen MR) is 67.8 cm³/mol. The third kappa shape index (κ3) is 2.45. The molecule has 0 spiro atoms. The largest absolute Gasteiger partial charge is 0.397 e. The quantitative estimate of drug-likeness (QED) is 0.770. The molecule has 0 radical (unpaired) electrons. The van der Waals surface area contributed by atoms with E-state index in [1.165, 1.54) is 12.4 Å². The van der Waals surface area contributed by atoms with Gasteiger partial charge in [-0.2, -0.15) is 0 Å². The highest BCUT2D eigenvalue weighted by Gasteiger charge is 2.32. The van der Waals surface area contributed by atoms with Gasteiger partial charge in [0.2, 0.25) is 0 Å². The normalized spacial score (nSPS) is 22.7. The van der Waals surface area contributed by atoms with E-state index in [2.05, 4.69) is 4.98 Å². The number of carbonyl (C=O) groups is 1. The molecule has 6 nitrogen and oxygen atoms in total. The van der Waals surface area contributed by atoms with Crippen LogP contribution in [0.15, 0.2) is 18.5 Å². The van der Waals surface area contributed by atoms with E-state index in [9.17, 15) is 13.2 Å². The molecule has 1 aromatic heterocycles. The zero-order chi connectivity index (χ0) is 13.3. The molecule has 0 aromatic carbocycles. The third-order valence-electron chi connectivity index (χ3n) is 3.01. The minimum absolute atomic E-state index is 0.00370. The summed E-state index contributed by atoms with van der Waals surface area (Å²) in [5.41, 5.74) is 6.38. The first-order valence-corrected chi connectivity index (χ1v) is 7.44. The Bertz CT molecular complexity index is 571. The van der Waals surface area contributed by atoms with Crippen LogP contribution in [0.1, 0.15) is 17.3 Å². The molecule has 0 bridgehead atoms. The van der Waals surface area contributed by atoms with Crippen LogP contribution in [0.2, 0.25) is 0 Å². The van der Waals surface area contributed by atoms with E-state index in [0.29, 0.717) is 11.3 Å². The van der Waals surface area contributed by atoms with Crippen LogP contribution in [0.25, 0.3) is 0 Å². The number of nitrogen functional groups attached to an aromatic ring is 1. The summed E-state index contributed by atoms with van der Waals surface area (Å²) in [4.78, 5) is 17.6. The number of hydrogen-bond acceptors (Lipinski definition) is 5. The van der Waals surface area contributed by atoms with Gasteiger partial charge in [-0.1, -0.05) is 0 Å². The molecule has 1 atom stereocenters. The zero-order valence-corrected chi connectivity index (χ0v) is 10.9. The van der Waals surface area contributed by atoms with Crippen molar-refractivity contribution in [3.8, 4) is 0 Å². The minimum atomic E-state index is -3.03. The standard InChI is InChI=1S/C11H15N3O3S/c1-8-7-18(16,17)5-4-14(8)11(15)9-2-3-13-6-10(9)12/h2-3,6,8H,4-5,7,12H2,1H3. The van der Waals surface area contributed by atoms with Gasteiger partial charge in [0.15, 0.2) is 9.84 Å². The van der Waals surface area contributed by atoms with E-state index in [1.807, 2.05) is 0 Å². The maximum atomic E-state index is 12.3. The van der Waals surface area contributed by atoms with Crippen molar-refractivity contribution in [1.29, 1.82) is 0 Å². The molecule has 1 aliphatic heterocycles. The highest BCUT2D eigenvalue weighted by Crippen LogP contribution is 2.18.